The van der Waals surface area contributed by atoms with Gasteiger partial charge in [0, 0.05) is 18.2 Å². The van der Waals surface area contributed by atoms with Gasteiger partial charge in [-0.3, -0.25) is 4.79 Å². The van der Waals surface area contributed by atoms with Crippen molar-refractivity contribution in [3.8, 4) is 5.75 Å². The molecule has 1 amide bonds. The number of rotatable bonds is 2. The number of nitrogens with zero attached hydrogens (tertiary/aromatic N) is 1. The second kappa shape index (κ2) is 4.53. The van der Waals surface area contributed by atoms with Crippen molar-refractivity contribution in [2.45, 2.75) is 18.9 Å². The molecule has 0 aliphatic carbocycles. The van der Waals surface area contributed by atoms with E-state index in [1.807, 2.05) is 18.2 Å². The Hall–Kier alpha value is -1.55. The standard InChI is InChI=1S/C12H15NO3/c1-16-11-4-2-3-9(7-11)13-8-10(14)5-6-12(13)15/h2-4,7,10,14H,5-6,8H2,1H3. The van der Waals surface area contributed by atoms with Crippen LogP contribution in [-0.4, -0.2) is 30.8 Å². The van der Waals surface area contributed by atoms with Gasteiger partial charge in [-0.05, 0) is 18.6 Å². The molecule has 1 aliphatic heterocycles. The van der Waals surface area contributed by atoms with Crippen LogP contribution in [0.3, 0.4) is 0 Å². The maximum Gasteiger partial charge on any atom is 0.227 e. The molecule has 16 heavy (non-hydrogen) atoms. The van der Waals surface area contributed by atoms with E-state index in [2.05, 4.69) is 0 Å². The highest BCUT2D eigenvalue weighted by molar-refractivity contribution is 5.94. The summed E-state index contributed by atoms with van der Waals surface area (Å²) in [6.07, 6.45) is 0.529. The molecule has 1 aromatic rings. The van der Waals surface area contributed by atoms with Crippen LogP contribution < -0.4 is 9.64 Å². The molecule has 1 unspecified atom stereocenters. The summed E-state index contributed by atoms with van der Waals surface area (Å²) in [6, 6.07) is 7.31. The quantitative estimate of drug-likeness (QED) is 0.816. The average Bonchev–Trinajstić information content (AvgIpc) is 2.32. The zero-order valence-electron chi connectivity index (χ0n) is 9.22. The lowest BCUT2D eigenvalue weighted by molar-refractivity contribution is -0.121. The Labute approximate surface area is 94.4 Å². The number of aliphatic hydroxyl groups excluding tert-OH is 1. The normalized spacial score (nSPS) is 21.0. The first-order valence-electron chi connectivity index (χ1n) is 5.33. The van der Waals surface area contributed by atoms with E-state index < -0.39 is 6.10 Å². The number of carbonyl (C=O) groups is 1. The fourth-order valence-electron chi connectivity index (χ4n) is 1.86. The molecule has 0 aromatic heterocycles. The highest BCUT2D eigenvalue weighted by atomic mass is 16.5. The van der Waals surface area contributed by atoms with Crippen molar-refractivity contribution in [3.05, 3.63) is 24.3 Å². The minimum Gasteiger partial charge on any atom is -0.497 e. The number of hydrogen-bond donors (Lipinski definition) is 1. The Morgan fingerprint density at radius 2 is 2.31 bits per heavy atom. The van der Waals surface area contributed by atoms with Gasteiger partial charge in [0.1, 0.15) is 5.75 Å². The van der Waals surface area contributed by atoms with E-state index in [9.17, 15) is 9.90 Å². The van der Waals surface area contributed by atoms with Crippen molar-refractivity contribution < 1.29 is 14.6 Å². The summed E-state index contributed by atoms with van der Waals surface area (Å²) >= 11 is 0. The Kier molecular flexibility index (Phi) is 3.10. The van der Waals surface area contributed by atoms with Crippen molar-refractivity contribution in [3.63, 3.8) is 0 Å². The third-order valence-corrected chi connectivity index (χ3v) is 2.75. The fourth-order valence-corrected chi connectivity index (χ4v) is 1.86. The van der Waals surface area contributed by atoms with Crippen molar-refractivity contribution in [2.75, 3.05) is 18.6 Å². The Morgan fingerprint density at radius 1 is 1.50 bits per heavy atom. The summed E-state index contributed by atoms with van der Waals surface area (Å²) in [7, 11) is 1.59. The van der Waals surface area contributed by atoms with Crippen molar-refractivity contribution in [1.29, 1.82) is 0 Å². The SMILES string of the molecule is COc1cccc(N2CC(O)CCC2=O)c1. The van der Waals surface area contributed by atoms with E-state index in [4.69, 9.17) is 4.74 Å². The molecule has 0 bridgehead atoms. The van der Waals surface area contributed by atoms with Gasteiger partial charge in [0.05, 0.1) is 19.8 Å². The summed E-state index contributed by atoms with van der Waals surface area (Å²) in [5, 5.41) is 9.56. The second-order valence-corrected chi connectivity index (χ2v) is 3.90. The molecule has 1 fully saturated rings. The van der Waals surface area contributed by atoms with Gasteiger partial charge in [-0.1, -0.05) is 6.07 Å². The topological polar surface area (TPSA) is 49.8 Å². The number of hydrogen-bond acceptors (Lipinski definition) is 3. The maximum atomic E-state index is 11.7. The molecular formula is C12H15NO3. The monoisotopic (exact) mass is 221 g/mol. The Morgan fingerprint density at radius 3 is 3.06 bits per heavy atom. The molecule has 4 nitrogen and oxygen atoms in total. The van der Waals surface area contributed by atoms with Crippen LogP contribution >= 0.6 is 0 Å². The predicted octanol–water partition coefficient (Wildman–Crippen LogP) is 1.18. The Balaban J connectivity index is 2.24. The summed E-state index contributed by atoms with van der Waals surface area (Å²) in [4.78, 5) is 13.3. The number of amides is 1. The summed E-state index contributed by atoms with van der Waals surface area (Å²) in [5.41, 5.74) is 0.781. The lowest BCUT2D eigenvalue weighted by Crippen LogP contribution is -2.42. The number of benzene rings is 1. The first kappa shape index (κ1) is 11.0. The predicted molar refractivity (Wildman–Crippen MR) is 60.6 cm³/mol. The lowest BCUT2D eigenvalue weighted by atomic mass is 10.1. The summed E-state index contributed by atoms with van der Waals surface area (Å²) in [6.45, 7) is 0.367. The van der Waals surface area contributed by atoms with Gasteiger partial charge >= 0.3 is 0 Å². The second-order valence-electron chi connectivity index (χ2n) is 3.90. The fraction of sp³-hybridized carbons (Fsp3) is 0.417. The van der Waals surface area contributed by atoms with Gasteiger partial charge in [-0.2, -0.15) is 0 Å². The van der Waals surface area contributed by atoms with Gasteiger partial charge < -0.3 is 14.7 Å². The molecule has 2 rings (SSSR count). The van der Waals surface area contributed by atoms with Crippen molar-refractivity contribution >= 4 is 11.6 Å². The van der Waals surface area contributed by atoms with E-state index in [0.717, 1.165) is 5.69 Å². The van der Waals surface area contributed by atoms with Crippen LogP contribution in [0.5, 0.6) is 5.75 Å². The molecular weight excluding hydrogens is 206 g/mol. The van der Waals surface area contributed by atoms with Crippen LogP contribution in [0.2, 0.25) is 0 Å². The van der Waals surface area contributed by atoms with E-state index in [-0.39, 0.29) is 5.91 Å². The first-order valence-corrected chi connectivity index (χ1v) is 5.33. The minimum atomic E-state index is -0.427. The van der Waals surface area contributed by atoms with Crippen LogP contribution in [0, 0.1) is 0 Å². The van der Waals surface area contributed by atoms with Gasteiger partial charge in [-0.25, -0.2) is 0 Å². The highest BCUT2D eigenvalue weighted by Crippen LogP contribution is 2.24. The largest absolute Gasteiger partial charge is 0.497 e. The number of ether oxygens (including phenoxy) is 1. The highest BCUT2D eigenvalue weighted by Gasteiger charge is 2.25. The molecule has 0 spiro atoms. The van der Waals surface area contributed by atoms with Crippen molar-refractivity contribution in [2.24, 2.45) is 0 Å². The van der Waals surface area contributed by atoms with E-state index in [0.29, 0.717) is 25.1 Å². The Bertz CT molecular complexity index is 392. The number of β-amino-alcohol motifs (C(OH)–C–C–N with tert-alkyl or cyclic N) is 1. The molecule has 0 saturated carbocycles. The zero-order valence-corrected chi connectivity index (χ0v) is 9.22. The zero-order chi connectivity index (χ0) is 11.5. The molecule has 1 aromatic carbocycles. The maximum absolute atomic E-state index is 11.7. The van der Waals surface area contributed by atoms with E-state index >= 15 is 0 Å². The van der Waals surface area contributed by atoms with Crippen molar-refractivity contribution in [1.82, 2.24) is 0 Å². The molecule has 4 heteroatoms. The van der Waals surface area contributed by atoms with Crippen LogP contribution in [0.4, 0.5) is 5.69 Å². The number of piperidine rings is 1. The number of methoxy groups -OCH3 is 1. The van der Waals surface area contributed by atoms with Crippen LogP contribution in [0.25, 0.3) is 0 Å². The summed E-state index contributed by atoms with van der Waals surface area (Å²) in [5.74, 6) is 0.768. The first-order chi connectivity index (χ1) is 7.70. The molecule has 1 aliphatic rings. The van der Waals surface area contributed by atoms with Gasteiger partial charge in [-0.15, -0.1) is 0 Å². The number of anilines is 1. The smallest absolute Gasteiger partial charge is 0.227 e. The van der Waals surface area contributed by atoms with Gasteiger partial charge in [0.2, 0.25) is 5.91 Å². The van der Waals surface area contributed by atoms with Gasteiger partial charge in [0.15, 0.2) is 0 Å². The molecule has 86 valence electrons. The molecule has 1 heterocycles. The molecule has 1 saturated heterocycles. The van der Waals surface area contributed by atoms with Crippen LogP contribution in [0.1, 0.15) is 12.8 Å². The van der Waals surface area contributed by atoms with Gasteiger partial charge in [0.25, 0.3) is 0 Å². The molecule has 1 N–H and O–H groups in total. The molecule has 1 atom stereocenters. The minimum absolute atomic E-state index is 0.0542. The molecule has 0 radical (unpaired) electrons. The van der Waals surface area contributed by atoms with Crippen LogP contribution in [-0.2, 0) is 4.79 Å². The third kappa shape index (κ3) is 2.17. The van der Waals surface area contributed by atoms with E-state index in [1.54, 1.807) is 18.1 Å². The van der Waals surface area contributed by atoms with E-state index in [1.165, 1.54) is 0 Å². The van der Waals surface area contributed by atoms with Crippen LogP contribution in [0.15, 0.2) is 24.3 Å². The number of carbonyl (C=O) groups excluding carboxylic acids is 1. The third-order valence-electron chi connectivity index (χ3n) is 2.75. The average molecular weight is 221 g/mol. The lowest BCUT2D eigenvalue weighted by Gasteiger charge is -2.30. The number of aliphatic hydroxyl groups is 1. The summed E-state index contributed by atoms with van der Waals surface area (Å²) < 4.78 is 5.11.